The lowest BCUT2D eigenvalue weighted by Gasteiger charge is -2.04. The third-order valence-corrected chi connectivity index (χ3v) is 5.17. The van der Waals surface area contributed by atoms with Crippen molar-refractivity contribution in [2.45, 2.75) is 20.4 Å². The number of rotatable bonds is 4. The van der Waals surface area contributed by atoms with Crippen LogP contribution < -0.4 is 11.0 Å². The van der Waals surface area contributed by atoms with Crippen molar-refractivity contribution >= 4 is 22.8 Å². The van der Waals surface area contributed by atoms with Gasteiger partial charge in [-0.1, -0.05) is 47.5 Å². The standard InChI is InChI=1S/C23H20N6O2/c1-15-3-7-17(8-4-15)19-13-20-22-26-29(23(31)27(22)11-12-28(20)25-19)14-21(30)24-18-9-5-16(2)6-10-18/h3-13H,14H2,1-2H3,(H,24,30). The Labute approximate surface area is 177 Å². The molecule has 3 aromatic heterocycles. The second-order valence-electron chi connectivity index (χ2n) is 7.57. The molecule has 0 saturated carbocycles. The second-order valence-corrected chi connectivity index (χ2v) is 7.57. The molecule has 3 heterocycles. The van der Waals surface area contributed by atoms with E-state index in [0.717, 1.165) is 21.5 Å². The molecule has 5 rings (SSSR count). The Kier molecular flexibility index (Phi) is 4.39. The van der Waals surface area contributed by atoms with Crippen LogP contribution in [0.4, 0.5) is 5.69 Å². The summed E-state index contributed by atoms with van der Waals surface area (Å²) in [6, 6.07) is 17.4. The van der Waals surface area contributed by atoms with Gasteiger partial charge in [0.2, 0.25) is 5.91 Å². The van der Waals surface area contributed by atoms with E-state index in [4.69, 9.17) is 0 Å². The molecule has 0 saturated heterocycles. The van der Waals surface area contributed by atoms with Gasteiger partial charge < -0.3 is 5.32 Å². The number of nitrogens with one attached hydrogen (secondary N) is 1. The van der Waals surface area contributed by atoms with Crippen LogP contribution in [0.2, 0.25) is 0 Å². The van der Waals surface area contributed by atoms with Crippen LogP contribution in [-0.2, 0) is 11.3 Å². The average Bonchev–Trinajstić information content (AvgIpc) is 3.32. The van der Waals surface area contributed by atoms with E-state index in [1.165, 1.54) is 9.96 Å². The quantitative estimate of drug-likeness (QED) is 0.492. The van der Waals surface area contributed by atoms with E-state index in [9.17, 15) is 9.59 Å². The van der Waals surface area contributed by atoms with E-state index in [1.807, 2.05) is 68.4 Å². The summed E-state index contributed by atoms with van der Waals surface area (Å²) in [6.45, 7) is 3.83. The number of anilines is 1. The minimum absolute atomic E-state index is 0.181. The lowest BCUT2D eigenvalue weighted by Crippen LogP contribution is -2.28. The van der Waals surface area contributed by atoms with Crippen LogP contribution in [0.15, 0.2) is 71.8 Å². The van der Waals surface area contributed by atoms with E-state index >= 15 is 0 Å². The number of amides is 1. The molecule has 1 amide bonds. The zero-order chi connectivity index (χ0) is 21.5. The van der Waals surface area contributed by atoms with Crippen molar-refractivity contribution < 1.29 is 4.79 Å². The molecule has 31 heavy (non-hydrogen) atoms. The van der Waals surface area contributed by atoms with E-state index < -0.39 is 0 Å². The number of nitrogens with zero attached hydrogens (tertiary/aromatic N) is 5. The number of hydrogen-bond donors (Lipinski definition) is 1. The van der Waals surface area contributed by atoms with Gasteiger partial charge in [-0.15, -0.1) is 5.10 Å². The Morgan fingerprint density at radius 1 is 0.935 bits per heavy atom. The summed E-state index contributed by atoms with van der Waals surface area (Å²) in [5, 5.41) is 11.8. The molecule has 0 aliphatic rings. The van der Waals surface area contributed by atoms with Gasteiger partial charge in [-0.3, -0.25) is 4.79 Å². The first-order valence-corrected chi connectivity index (χ1v) is 9.89. The predicted octanol–water partition coefficient (Wildman–Crippen LogP) is 3.07. The lowest BCUT2D eigenvalue weighted by atomic mass is 10.1. The molecule has 2 aromatic carbocycles. The maximum Gasteiger partial charge on any atom is 0.350 e. The number of fused-ring (bicyclic) bond motifs is 3. The largest absolute Gasteiger partial charge is 0.350 e. The Bertz CT molecular complexity index is 1470. The van der Waals surface area contributed by atoms with Crippen molar-refractivity contribution in [2.24, 2.45) is 0 Å². The molecule has 154 valence electrons. The predicted molar refractivity (Wildman–Crippen MR) is 118 cm³/mol. The molecule has 0 aliphatic heterocycles. The van der Waals surface area contributed by atoms with Crippen LogP contribution in [0.5, 0.6) is 0 Å². The molecular formula is C23H20N6O2. The van der Waals surface area contributed by atoms with Crippen molar-refractivity contribution in [3.05, 3.63) is 88.6 Å². The zero-order valence-corrected chi connectivity index (χ0v) is 17.1. The fraction of sp³-hybridized carbons (Fsp3) is 0.130. The molecule has 0 bridgehead atoms. The smallest absolute Gasteiger partial charge is 0.324 e. The molecule has 0 radical (unpaired) electrons. The van der Waals surface area contributed by atoms with Gasteiger partial charge in [-0.25, -0.2) is 18.4 Å². The van der Waals surface area contributed by atoms with Gasteiger partial charge in [-0.05, 0) is 32.0 Å². The topological polar surface area (TPSA) is 85.7 Å². The molecule has 0 aliphatic carbocycles. The number of benzene rings is 2. The average molecular weight is 412 g/mol. The lowest BCUT2D eigenvalue weighted by molar-refractivity contribution is -0.117. The third-order valence-electron chi connectivity index (χ3n) is 5.17. The first-order chi connectivity index (χ1) is 15.0. The van der Waals surface area contributed by atoms with E-state index in [2.05, 4.69) is 15.5 Å². The highest BCUT2D eigenvalue weighted by Crippen LogP contribution is 2.21. The minimum Gasteiger partial charge on any atom is -0.324 e. The molecule has 5 aromatic rings. The van der Waals surface area contributed by atoms with Gasteiger partial charge in [0.05, 0.1) is 5.69 Å². The maximum atomic E-state index is 12.8. The summed E-state index contributed by atoms with van der Waals surface area (Å²) in [7, 11) is 0. The summed E-state index contributed by atoms with van der Waals surface area (Å²) in [4.78, 5) is 25.2. The van der Waals surface area contributed by atoms with E-state index in [-0.39, 0.29) is 18.1 Å². The van der Waals surface area contributed by atoms with Crippen LogP contribution in [0, 0.1) is 13.8 Å². The minimum atomic E-state index is -0.380. The Morgan fingerprint density at radius 2 is 1.61 bits per heavy atom. The van der Waals surface area contributed by atoms with Gasteiger partial charge in [0, 0.05) is 23.6 Å². The molecule has 0 fully saturated rings. The SMILES string of the molecule is Cc1ccc(NC(=O)Cn2nc3c4cc(-c5ccc(C)cc5)nn4ccn3c2=O)cc1. The number of hydrogen-bond acceptors (Lipinski definition) is 4. The monoisotopic (exact) mass is 412 g/mol. The van der Waals surface area contributed by atoms with Gasteiger partial charge in [0.1, 0.15) is 12.1 Å². The zero-order valence-electron chi connectivity index (χ0n) is 17.1. The number of carbonyl (C=O) groups excluding carboxylic acids is 1. The van der Waals surface area contributed by atoms with Crippen LogP contribution >= 0.6 is 0 Å². The van der Waals surface area contributed by atoms with Crippen molar-refractivity contribution in [2.75, 3.05) is 5.32 Å². The fourth-order valence-electron chi connectivity index (χ4n) is 3.48. The van der Waals surface area contributed by atoms with Gasteiger partial charge in [0.25, 0.3) is 0 Å². The van der Waals surface area contributed by atoms with Crippen molar-refractivity contribution in [3.8, 4) is 11.3 Å². The second kappa shape index (κ2) is 7.24. The van der Waals surface area contributed by atoms with Crippen LogP contribution in [0.25, 0.3) is 22.4 Å². The number of aryl methyl sites for hydroxylation is 2. The summed E-state index contributed by atoms with van der Waals surface area (Å²) in [6.07, 6.45) is 3.32. The highest BCUT2D eigenvalue weighted by Gasteiger charge is 2.15. The highest BCUT2D eigenvalue weighted by molar-refractivity contribution is 5.90. The van der Waals surface area contributed by atoms with Crippen molar-refractivity contribution in [1.29, 1.82) is 0 Å². The van der Waals surface area contributed by atoms with Crippen LogP contribution in [-0.4, -0.2) is 29.7 Å². The molecule has 1 N–H and O–H groups in total. The fourth-order valence-corrected chi connectivity index (χ4v) is 3.48. The molecular weight excluding hydrogens is 392 g/mol. The summed E-state index contributed by atoms with van der Waals surface area (Å²) < 4.78 is 4.28. The summed E-state index contributed by atoms with van der Waals surface area (Å²) in [5.74, 6) is -0.320. The van der Waals surface area contributed by atoms with Gasteiger partial charge in [-0.2, -0.15) is 5.10 Å². The van der Waals surface area contributed by atoms with Gasteiger partial charge >= 0.3 is 5.69 Å². The molecule has 0 spiro atoms. The summed E-state index contributed by atoms with van der Waals surface area (Å²) in [5.41, 5.74) is 5.46. The number of aromatic nitrogens is 5. The molecule has 0 atom stereocenters. The van der Waals surface area contributed by atoms with E-state index in [1.54, 1.807) is 16.9 Å². The first kappa shape index (κ1) is 18.8. The maximum absolute atomic E-state index is 12.8. The van der Waals surface area contributed by atoms with Crippen molar-refractivity contribution in [1.82, 2.24) is 23.8 Å². The third kappa shape index (κ3) is 3.48. The number of carbonyl (C=O) groups is 1. The Morgan fingerprint density at radius 3 is 2.32 bits per heavy atom. The molecule has 8 nitrogen and oxygen atoms in total. The normalized spacial score (nSPS) is 11.3. The summed E-state index contributed by atoms with van der Waals surface area (Å²) >= 11 is 0. The van der Waals surface area contributed by atoms with Crippen molar-refractivity contribution in [3.63, 3.8) is 0 Å². The van der Waals surface area contributed by atoms with Gasteiger partial charge in [0.15, 0.2) is 5.65 Å². The first-order valence-electron chi connectivity index (χ1n) is 9.89. The molecule has 8 heteroatoms. The van der Waals surface area contributed by atoms with Crippen LogP contribution in [0.3, 0.4) is 0 Å². The Hall–Kier alpha value is -4.20. The highest BCUT2D eigenvalue weighted by atomic mass is 16.2. The Balaban J connectivity index is 1.48. The van der Waals surface area contributed by atoms with Crippen LogP contribution in [0.1, 0.15) is 11.1 Å². The molecule has 0 unspecified atom stereocenters. The van der Waals surface area contributed by atoms with E-state index in [0.29, 0.717) is 16.9 Å².